The highest BCUT2D eigenvalue weighted by molar-refractivity contribution is 5.86. The van der Waals surface area contributed by atoms with Crippen LogP contribution in [-0.4, -0.2) is 53.1 Å². The quantitative estimate of drug-likeness (QED) is 0.574. The Morgan fingerprint density at radius 1 is 1.30 bits per heavy atom. The van der Waals surface area contributed by atoms with Gasteiger partial charge >= 0.3 is 12.0 Å². The molecule has 3 N–H and O–H groups in total. The number of hydrogen-bond acceptors (Lipinski definition) is 3. The fourth-order valence-electron chi connectivity index (χ4n) is 1.43. The van der Waals surface area contributed by atoms with Crippen molar-refractivity contribution in [1.29, 1.82) is 0 Å². The van der Waals surface area contributed by atoms with Crippen LogP contribution < -0.4 is 10.6 Å². The smallest absolute Gasteiger partial charge is 0.327 e. The molecule has 0 bridgehead atoms. The van der Waals surface area contributed by atoms with E-state index in [1.807, 2.05) is 13.8 Å². The van der Waals surface area contributed by atoms with Crippen LogP contribution >= 0.6 is 0 Å². The molecule has 7 nitrogen and oxygen atoms in total. The van der Waals surface area contributed by atoms with Crippen molar-refractivity contribution in [2.45, 2.75) is 39.3 Å². The largest absolute Gasteiger partial charge is 0.480 e. The molecule has 0 spiro atoms. The van der Waals surface area contributed by atoms with E-state index in [2.05, 4.69) is 16.6 Å². The van der Waals surface area contributed by atoms with E-state index in [-0.39, 0.29) is 31.5 Å². The molecule has 0 aromatic heterocycles. The summed E-state index contributed by atoms with van der Waals surface area (Å²) in [6.45, 7) is 5.45. The van der Waals surface area contributed by atoms with Gasteiger partial charge in [-0.15, -0.1) is 12.3 Å². The lowest BCUT2D eigenvalue weighted by molar-refractivity contribution is -0.139. The monoisotopic (exact) mass is 283 g/mol. The first-order valence-corrected chi connectivity index (χ1v) is 6.32. The van der Waals surface area contributed by atoms with Gasteiger partial charge in [0.05, 0.1) is 0 Å². The van der Waals surface area contributed by atoms with Crippen molar-refractivity contribution in [3.8, 4) is 12.3 Å². The molecule has 0 rings (SSSR count). The fraction of sp³-hybridized carbons (Fsp3) is 0.615. The number of nitrogens with one attached hydrogen (secondary N) is 2. The molecule has 0 radical (unpaired) electrons. The number of amides is 3. The molecule has 20 heavy (non-hydrogen) atoms. The molecule has 0 saturated carbocycles. The molecule has 3 amide bonds. The third-order valence-corrected chi connectivity index (χ3v) is 2.37. The lowest BCUT2D eigenvalue weighted by atomic mass is 10.2. The van der Waals surface area contributed by atoms with Crippen molar-refractivity contribution in [2.24, 2.45) is 0 Å². The lowest BCUT2D eigenvalue weighted by Gasteiger charge is -2.23. The van der Waals surface area contributed by atoms with Crippen LogP contribution in [0.2, 0.25) is 0 Å². The first-order chi connectivity index (χ1) is 9.31. The number of carboxylic acid groups (broad SMARTS) is 1. The summed E-state index contributed by atoms with van der Waals surface area (Å²) in [6.07, 6.45) is 4.93. The molecular weight excluding hydrogens is 262 g/mol. The predicted molar refractivity (Wildman–Crippen MR) is 73.9 cm³/mol. The lowest BCUT2D eigenvalue weighted by Crippen LogP contribution is -2.50. The second kappa shape index (κ2) is 8.80. The Bertz CT molecular complexity index is 401. The summed E-state index contributed by atoms with van der Waals surface area (Å²) in [4.78, 5) is 35.6. The summed E-state index contributed by atoms with van der Waals surface area (Å²) in [5, 5.41) is 13.8. The van der Waals surface area contributed by atoms with Gasteiger partial charge < -0.3 is 20.6 Å². The summed E-state index contributed by atoms with van der Waals surface area (Å²) in [7, 11) is 0. The van der Waals surface area contributed by atoms with Crippen molar-refractivity contribution in [2.75, 3.05) is 13.1 Å². The number of nitrogens with zero attached hydrogens (tertiary/aromatic N) is 1. The number of carbonyl (C=O) groups is 3. The van der Waals surface area contributed by atoms with Crippen molar-refractivity contribution < 1.29 is 19.5 Å². The van der Waals surface area contributed by atoms with Crippen LogP contribution in [-0.2, 0) is 9.59 Å². The molecule has 1 unspecified atom stereocenters. The van der Waals surface area contributed by atoms with Crippen LogP contribution in [0.4, 0.5) is 4.79 Å². The molecule has 0 aliphatic rings. The average molecular weight is 283 g/mol. The van der Waals surface area contributed by atoms with Gasteiger partial charge in [-0.25, -0.2) is 9.59 Å². The van der Waals surface area contributed by atoms with Gasteiger partial charge in [-0.3, -0.25) is 4.79 Å². The Hall–Kier alpha value is -2.23. The maximum Gasteiger partial charge on any atom is 0.327 e. The highest BCUT2D eigenvalue weighted by atomic mass is 16.4. The zero-order valence-electron chi connectivity index (χ0n) is 12.0. The van der Waals surface area contributed by atoms with Crippen molar-refractivity contribution in [3.05, 3.63) is 0 Å². The van der Waals surface area contributed by atoms with E-state index in [9.17, 15) is 14.4 Å². The van der Waals surface area contributed by atoms with Gasteiger partial charge in [0.15, 0.2) is 0 Å². The van der Waals surface area contributed by atoms with Crippen LogP contribution in [0, 0.1) is 12.3 Å². The second-order valence-corrected chi connectivity index (χ2v) is 4.48. The van der Waals surface area contributed by atoms with Crippen LogP contribution in [0.3, 0.4) is 0 Å². The minimum atomic E-state index is -1.21. The van der Waals surface area contributed by atoms with Crippen LogP contribution in [0.15, 0.2) is 0 Å². The van der Waals surface area contributed by atoms with E-state index in [0.717, 1.165) is 0 Å². The molecule has 7 heteroatoms. The minimum absolute atomic E-state index is 0.0301. The molecule has 0 saturated heterocycles. The maximum absolute atomic E-state index is 11.9. The zero-order valence-corrected chi connectivity index (χ0v) is 12.0. The third-order valence-electron chi connectivity index (χ3n) is 2.37. The van der Waals surface area contributed by atoms with Crippen LogP contribution in [0.5, 0.6) is 0 Å². The van der Waals surface area contributed by atoms with Crippen molar-refractivity contribution >= 4 is 17.9 Å². The Morgan fingerprint density at radius 2 is 1.90 bits per heavy atom. The highest BCUT2D eigenvalue weighted by Gasteiger charge is 2.23. The van der Waals surface area contributed by atoms with E-state index in [1.165, 1.54) is 4.90 Å². The van der Waals surface area contributed by atoms with Crippen LogP contribution in [0.25, 0.3) is 0 Å². The normalized spacial score (nSPS) is 11.3. The minimum Gasteiger partial charge on any atom is -0.480 e. The Kier molecular flexibility index (Phi) is 7.82. The number of likely N-dealkylation sites (N-methyl/N-ethyl adjacent to an activating group) is 1. The SMILES string of the molecule is C#CCC(NC(=O)N(CC)CC(=O)NC(C)C)C(=O)O. The number of rotatable bonds is 7. The third kappa shape index (κ3) is 6.64. The van der Waals surface area contributed by atoms with E-state index in [4.69, 9.17) is 11.5 Å². The Morgan fingerprint density at radius 3 is 2.30 bits per heavy atom. The van der Waals surface area contributed by atoms with Crippen LogP contribution in [0.1, 0.15) is 27.2 Å². The Labute approximate surface area is 118 Å². The Balaban J connectivity index is 4.57. The highest BCUT2D eigenvalue weighted by Crippen LogP contribution is 1.96. The zero-order chi connectivity index (χ0) is 15.7. The molecular formula is C13H21N3O4. The van der Waals surface area contributed by atoms with Gasteiger partial charge in [0.25, 0.3) is 0 Å². The molecule has 0 aromatic carbocycles. The molecule has 0 fully saturated rings. The molecule has 0 heterocycles. The first kappa shape index (κ1) is 17.8. The molecule has 0 aliphatic heterocycles. The second-order valence-electron chi connectivity index (χ2n) is 4.48. The number of hydrogen-bond donors (Lipinski definition) is 3. The van der Waals surface area contributed by atoms with E-state index in [0.29, 0.717) is 0 Å². The molecule has 1 atom stereocenters. The summed E-state index contributed by atoms with van der Waals surface area (Å²) in [6, 6.07) is -1.82. The summed E-state index contributed by atoms with van der Waals surface area (Å²) in [5.41, 5.74) is 0. The number of urea groups is 1. The fourth-order valence-corrected chi connectivity index (χ4v) is 1.43. The summed E-state index contributed by atoms with van der Waals surface area (Å²) >= 11 is 0. The summed E-state index contributed by atoms with van der Waals surface area (Å²) < 4.78 is 0. The predicted octanol–water partition coefficient (Wildman–Crippen LogP) is 0.0190. The maximum atomic E-state index is 11.9. The topological polar surface area (TPSA) is 98.7 Å². The van der Waals surface area contributed by atoms with Gasteiger partial charge in [0.2, 0.25) is 5.91 Å². The van der Waals surface area contributed by atoms with Gasteiger partial charge in [0.1, 0.15) is 12.6 Å². The molecule has 0 aliphatic carbocycles. The van der Waals surface area contributed by atoms with Gasteiger partial charge in [0, 0.05) is 19.0 Å². The number of carboxylic acids is 1. The summed E-state index contributed by atoms with van der Waals surface area (Å²) in [5.74, 6) is 0.671. The van der Waals surface area contributed by atoms with E-state index >= 15 is 0 Å². The average Bonchev–Trinajstić information content (AvgIpc) is 2.34. The van der Waals surface area contributed by atoms with Crippen molar-refractivity contribution in [3.63, 3.8) is 0 Å². The standard InChI is InChI=1S/C13H21N3O4/c1-5-7-10(12(18)19)15-13(20)16(6-2)8-11(17)14-9(3)4/h1,9-10H,6-8H2,2-4H3,(H,14,17)(H,15,20)(H,18,19). The number of carbonyl (C=O) groups excluding carboxylic acids is 2. The van der Waals surface area contributed by atoms with Gasteiger partial charge in [-0.05, 0) is 20.8 Å². The van der Waals surface area contributed by atoms with Crippen molar-refractivity contribution in [1.82, 2.24) is 15.5 Å². The number of aliphatic carboxylic acids is 1. The first-order valence-electron chi connectivity index (χ1n) is 6.32. The molecule has 112 valence electrons. The molecule has 0 aromatic rings. The van der Waals surface area contributed by atoms with Gasteiger partial charge in [-0.2, -0.15) is 0 Å². The number of terminal acetylenes is 1. The van der Waals surface area contributed by atoms with Gasteiger partial charge in [-0.1, -0.05) is 0 Å². The van der Waals surface area contributed by atoms with E-state index in [1.54, 1.807) is 6.92 Å². The van der Waals surface area contributed by atoms with E-state index < -0.39 is 18.0 Å².